The highest BCUT2D eigenvalue weighted by Gasteiger charge is 2.13. The second kappa shape index (κ2) is 11.7. The molecule has 1 fully saturated rings. The molecular formula is C16H30IN5. The fraction of sp³-hybridized carbons (Fsp3) is 0.750. The van der Waals surface area contributed by atoms with Crippen molar-refractivity contribution >= 4 is 29.9 Å². The highest BCUT2D eigenvalue weighted by molar-refractivity contribution is 14.0. The molecule has 0 atom stereocenters. The van der Waals surface area contributed by atoms with Crippen molar-refractivity contribution < 1.29 is 0 Å². The quantitative estimate of drug-likeness (QED) is 0.295. The van der Waals surface area contributed by atoms with Crippen LogP contribution in [0.4, 0.5) is 0 Å². The number of nitrogens with zero attached hydrogens (tertiary/aromatic N) is 3. The standard InChI is InChI=1S/C16H29N5.HI/c1-17-16(20-11-13-21-12-10-18-14-21)19-9-5-4-8-15-6-2-3-7-15;/h10,12,14-15H,2-9,11,13H2,1H3,(H2,17,19,20);1H. The molecule has 1 aliphatic carbocycles. The van der Waals surface area contributed by atoms with Crippen LogP contribution in [0, 0.1) is 5.92 Å². The Balaban J connectivity index is 0.00000242. The topological polar surface area (TPSA) is 54.2 Å². The lowest BCUT2D eigenvalue weighted by molar-refractivity contribution is 0.472. The molecule has 6 heteroatoms. The van der Waals surface area contributed by atoms with Crippen molar-refractivity contribution in [1.29, 1.82) is 0 Å². The number of imidazole rings is 1. The van der Waals surface area contributed by atoms with E-state index < -0.39 is 0 Å². The van der Waals surface area contributed by atoms with Crippen LogP contribution in [0.25, 0.3) is 0 Å². The molecule has 0 aromatic carbocycles. The van der Waals surface area contributed by atoms with E-state index in [1.54, 1.807) is 6.20 Å². The van der Waals surface area contributed by atoms with Crippen LogP contribution in [0.5, 0.6) is 0 Å². The van der Waals surface area contributed by atoms with Crippen molar-refractivity contribution in [3.05, 3.63) is 18.7 Å². The third-order valence-electron chi connectivity index (χ3n) is 4.25. The molecule has 2 rings (SSSR count). The molecule has 1 aromatic heterocycles. The summed E-state index contributed by atoms with van der Waals surface area (Å²) in [7, 11) is 1.82. The Kier molecular flexibility index (Phi) is 10.3. The highest BCUT2D eigenvalue weighted by Crippen LogP contribution is 2.28. The van der Waals surface area contributed by atoms with Gasteiger partial charge in [-0.05, 0) is 12.3 Å². The Labute approximate surface area is 151 Å². The van der Waals surface area contributed by atoms with Gasteiger partial charge in [-0.2, -0.15) is 0 Å². The average molecular weight is 419 g/mol. The molecule has 0 unspecified atom stereocenters. The monoisotopic (exact) mass is 419 g/mol. The number of aromatic nitrogens is 2. The molecule has 0 aliphatic heterocycles. The van der Waals surface area contributed by atoms with E-state index in [4.69, 9.17) is 0 Å². The van der Waals surface area contributed by atoms with E-state index in [-0.39, 0.29) is 24.0 Å². The van der Waals surface area contributed by atoms with Gasteiger partial charge in [-0.15, -0.1) is 24.0 Å². The van der Waals surface area contributed by atoms with Crippen molar-refractivity contribution in [1.82, 2.24) is 20.2 Å². The summed E-state index contributed by atoms with van der Waals surface area (Å²) in [6, 6.07) is 0. The van der Waals surface area contributed by atoms with E-state index in [1.165, 1.54) is 44.9 Å². The summed E-state index contributed by atoms with van der Waals surface area (Å²) in [6.45, 7) is 2.78. The summed E-state index contributed by atoms with van der Waals surface area (Å²) in [4.78, 5) is 8.28. The van der Waals surface area contributed by atoms with Crippen LogP contribution < -0.4 is 10.6 Å². The molecule has 126 valence electrons. The van der Waals surface area contributed by atoms with E-state index in [2.05, 4.69) is 25.2 Å². The fourth-order valence-electron chi connectivity index (χ4n) is 3.01. The van der Waals surface area contributed by atoms with Gasteiger partial charge in [0.15, 0.2) is 5.96 Å². The Morgan fingerprint density at radius 3 is 2.68 bits per heavy atom. The van der Waals surface area contributed by atoms with Crippen LogP contribution in [-0.2, 0) is 6.54 Å². The molecule has 1 aromatic rings. The number of guanidine groups is 1. The predicted octanol–water partition coefficient (Wildman–Crippen LogP) is 3.03. The SMILES string of the molecule is CN=C(NCCCCC1CCCC1)NCCn1ccnc1.I. The Hall–Kier alpha value is -0.790. The zero-order valence-corrected chi connectivity index (χ0v) is 16.0. The van der Waals surface area contributed by atoms with Crippen molar-refractivity contribution in [2.75, 3.05) is 20.1 Å². The van der Waals surface area contributed by atoms with E-state index in [9.17, 15) is 0 Å². The van der Waals surface area contributed by atoms with E-state index >= 15 is 0 Å². The molecule has 1 saturated carbocycles. The van der Waals surface area contributed by atoms with Crippen LogP contribution in [0.15, 0.2) is 23.7 Å². The minimum atomic E-state index is 0. The van der Waals surface area contributed by atoms with Crippen LogP contribution >= 0.6 is 24.0 Å². The Bertz CT molecular complexity index is 399. The van der Waals surface area contributed by atoms with Crippen molar-refractivity contribution in [3.63, 3.8) is 0 Å². The lowest BCUT2D eigenvalue weighted by atomic mass is 10.0. The second-order valence-corrected chi connectivity index (χ2v) is 5.87. The molecular weight excluding hydrogens is 389 g/mol. The van der Waals surface area contributed by atoms with Gasteiger partial charge in [-0.25, -0.2) is 4.98 Å². The largest absolute Gasteiger partial charge is 0.356 e. The number of unbranched alkanes of at least 4 members (excludes halogenated alkanes) is 1. The molecule has 0 radical (unpaired) electrons. The minimum Gasteiger partial charge on any atom is -0.356 e. The molecule has 1 heterocycles. The van der Waals surface area contributed by atoms with Gasteiger partial charge in [0, 0.05) is 39.1 Å². The summed E-state index contributed by atoms with van der Waals surface area (Å²) in [5.74, 6) is 1.91. The lowest BCUT2D eigenvalue weighted by Crippen LogP contribution is -2.39. The molecule has 2 N–H and O–H groups in total. The summed E-state index contributed by atoms with van der Waals surface area (Å²) < 4.78 is 2.06. The maximum Gasteiger partial charge on any atom is 0.191 e. The second-order valence-electron chi connectivity index (χ2n) is 5.87. The first-order chi connectivity index (χ1) is 10.4. The maximum absolute atomic E-state index is 4.25. The Morgan fingerprint density at radius 2 is 2.00 bits per heavy atom. The summed E-state index contributed by atoms with van der Waals surface area (Å²) in [5.41, 5.74) is 0. The molecule has 0 saturated heterocycles. The van der Waals surface area contributed by atoms with Gasteiger partial charge in [0.05, 0.1) is 6.33 Å². The van der Waals surface area contributed by atoms with Crippen LogP contribution in [-0.4, -0.2) is 35.6 Å². The zero-order chi connectivity index (χ0) is 14.8. The lowest BCUT2D eigenvalue weighted by Gasteiger charge is -2.13. The molecule has 0 spiro atoms. The van der Waals surface area contributed by atoms with E-state index in [0.29, 0.717) is 0 Å². The number of nitrogens with one attached hydrogen (secondary N) is 2. The van der Waals surface area contributed by atoms with E-state index in [0.717, 1.165) is 31.5 Å². The number of hydrogen-bond donors (Lipinski definition) is 2. The highest BCUT2D eigenvalue weighted by atomic mass is 127. The first kappa shape index (κ1) is 19.3. The van der Waals surface area contributed by atoms with Gasteiger partial charge in [0.1, 0.15) is 0 Å². The first-order valence-electron chi connectivity index (χ1n) is 8.29. The molecule has 5 nitrogen and oxygen atoms in total. The van der Waals surface area contributed by atoms with Gasteiger partial charge in [0.25, 0.3) is 0 Å². The van der Waals surface area contributed by atoms with Gasteiger partial charge in [0.2, 0.25) is 0 Å². The minimum absolute atomic E-state index is 0. The molecule has 22 heavy (non-hydrogen) atoms. The third kappa shape index (κ3) is 7.47. The Morgan fingerprint density at radius 1 is 1.23 bits per heavy atom. The van der Waals surface area contributed by atoms with Crippen LogP contribution in [0.1, 0.15) is 44.9 Å². The number of halogens is 1. The van der Waals surface area contributed by atoms with Crippen molar-refractivity contribution in [3.8, 4) is 0 Å². The average Bonchev–Trinajstić information content (AvgIpc) is 3.18. The van der Waals surface area contributed by atoms with Gasteiger partial charge in [-0.3, -0.25) is 4.99 Å². The number of rotatable bonds is 8. The van der Waals surface area contributed by atoms with E-state index in [1.807, 2.05) is 19.6 Å². The smallest absolute Gasteiger partial charge is 0.191 e. The van der Waals surface area contributed by atoms with Gasteiger partial charge < -0.3 is 15.2 Å². The zero-order valence-electron chi connectivity index (χ0n) is 13.6. The van der Waals surface area contributed by atoms with Crippen molar-refractivity contribution in [2.24, 2.45) is 10.9 Å². The van der Waals surface area contributed by atoms with Crippen LogP contribution in [0.2, 0.25) is 0 Å². The summed E-state index contributed by atoms with van der Waals surface area (Å²) >= 11 is 0. The van der Waals surface area contributed by atoms with Gasteiger partial charge in [-0.1, -0.05) is 38.5 Å². The van der Waals surface area contributed by atoms with Gasteiger partial charge >= 0.3 is 0 Å². The third-order valence-corrected chi connectivity index (χ3v) is 4.25. The maximum atomic E-state index is 4.25. The summed E-state index contributed by atoms with van der Waals surface area (Å²) in [6.07, 6.45) is 15.4. The van der Waals surface area contributed by atoms with Crippen molar-refractivity contribution in [2.45, 2.75) is 51.5 Å². The molecule has 1 aliphatic rings. The number of aliphatic imine (C=N–C) groups is 1. The normalized spacial score (nSPS) is 15.6. The predicted molar refractivity (Wildman–Crippen MR) is 103 cm³/mol. The molecule has 0 amide bonds. The van der Waals surface area contributed by atoms with Crippen LogP contribution in [0.3, 0.4) is 0 Å². The first-order valence-corrected chi connectivity index (χ1v) is 8.29. The molecule has 0 bridgehead atoms. The summed E-state index contributed by atoms with van der Waals surface area (Å²) in [5, 5.41) is 6.72. The fourth-order valence-corrected chi connectivity index (χ4v) is 3.01. The number of hydrogen-bond acceptors (Lipinski definition) is 2.